The second kappa shape index (κ2) is 4.82. The molecule has 0 saturated carbocycles. The van der Waals surface area contributed by atoms with Gasteiger partial charge in [0.1, 0.15) is 5.01 Å². The van der Waals surface area contributed by atoms with Crippen molar-refractivity contribution in [3.05, 3.63) is 34.0 Å². The largest absolute Gasteiger partial charge is 0.294 e. The molecule has 0 bridgehead atoms. The molecule has 0 amide bonds. The Bertz CT molecular complexity index is 517. The van der Waals surface area contributed by atoms with Gasteiger partial charge in [-0.25, -0.2) is 4.98 Å². The van der Waals surface area contributed by atoms with Crippen LogP contribution in [-0.4, -0.2) is 32.8 Å². The van der Waals surface area contributed by atoms with Crippen molar-refractivity contribution in [2.75, 3.05) is 13.1 Å². The zero-order valence-corrected chi connectivity index (χ0v) is 11.7. The van der Waals surface area contributed by atoms with Crippen LogP contribution < -0.4 is 0 Å². The smallest absolute Gasteiger partial charge is 0.107 e. The van der Waals surface area contributed by atoms with E-state index < -0.39 is 0 Å². The van der Waals surface area contributed by atoms with Crippen molar-refractivity contribution in [1.82, 2.24) is 19.7 Å². The van der Waals surface area contributed by atoms with Crippen LogP contribution in [0.4, 0.5) is 0 Å². The molecule has 4 nitrogen and oxygen atoms in total. The summed E-state index contributed by atoms with van der Waals surface area (Å²) in [5.41, 5.74) is 2.39. The third kappa shape index (κ3) is 2.33. The van der Waals surface area contributed by atoms with E-state index in [4.69, 9.17) is 0 Å². The lowest BCUT2D eigenvalue weighted by Crippen LogP contribution is -2.21. The predicted octanol–water partition coefficient (Wildman–Crippen LogP) is 2.40. The van der Waals surface area contributed by atoms with Gasteiger partial charge in [-0.1, -0.05) is 0 Å². The Morgan fingerprint density at radius 1 is 1.44 bits per heavy atom. The highest BCUT2D eigenvalue weighted by Gasteiger charge is 2.25. The fourth-order valence-electron chi connectivity index (χ4n) is 2.69. The molecule has 1 aliphatic rings. The lowest BCUT2D eigenvalue weighted by molar-refractivity contribution is 0.310. The highest BCUT2D eigenvalue weighted by atomic mass is 32.1. The molecule has 0 N–H and O–H groups in total. The van der Waals surface area contributed by atoms with Gasteiger partial charge in [-0.05, 0) is 26.3 Å². The molecule has 1 saturated heterocycles. The highest BCUT2D eigenvalue weighted by molar-refractivity contribution is 7.09. The van der Waals surface area contributed by atoms with E-state index in [1.54, 1.807) is 11.3 Å². The Morgan fingerprint density at radius 2 is 2.33 bits per heavy atom. The topological polar surface area (TPSA) is 34.0 Å². The molecule has 5 heteroatoms. The molecule has 96 valence electrons. The van der Waals surface area contributed by atoms with Crippen LogP contribution >= 0.6 is 11.3 Å². The summed E-state index contributed by atoms with van der Waals surface area (Å²) in [6, 6.07) is 2.68. The number of hydrogen-bond acceptors (Lipinski definition) is 4. The molecular weight excluding hydrogens is 244 g/mol. The minimum absolute atomic E-state index is 0.527. The Hall–Kier alpha value is -1.20. The van der Waals surface area contributed by atoms with Gasteiger partial charge in [-0.3, -0.25) is 9.58 Å². The lowest BCUT2D eigenvalue weighted by Gasteiger charge is -2.15. The Kier molecular flexibility index (Phi) is 3.18. The SMILES string of the molecule is Cc1cc(C)n([C@@H]2CCN(Cc3nccs3)C2)n1. The first kappa shape index (κ1) is 11.9. The summed E-state index contributed by atoms with van der Waals surface area (Å²) in [6.07, 6.45) is 3.07. The summed E-state index contributed by atoms with van der Waals surface area (Å²) in [6.45, 7) is 7.41. The van der Waals surface area contributed by atoms with Crippen LogP contribution in [0.5, 0.6) is 0 Å². The lowest BCUT2D eigenvalue weighted by atomic mass is 10.2. The standard InChI is InChI=1S/C13H18N4S/c1-10-7-11(2)17(15-10)12-3-5-16(8-12)9-13-14-4-6-18-13/h4,6-7,12H,3,5,8-9H2,1-2H3/t12-/m1/s1. The zero-order valence-electron chi connectivity index (χ0n) is 10.8. The van der Waals surface area contributed by atoms with E-state index >= 15 is 0 Å². The van der Waals surface area contributed by atoms with Crippen LogP contribution in [0.15, 0.2) is 17.6 Å². The molecule has 0 aromatic carbocycles. The van der Waals surface area contributed by atoms with Crippen molar-refractivity contribution < 1.29 is 0 Å². The number of rotatable bonds is 3. The fourth-order valence-corrected chi connectivity index (χ4v) is 3.35. The van der Waals surface area contributed by atoms with Gasteiger partial charge >= 0.3 is 0 Å². The highest BCUT2D eigenvalue weighted by Crippen LogP contribution is 2.24. The van der Waals surface area contributed by atoms with Crippen LogP contribution in [0, 0.1) is 13.8 Å². The molecule has 0 radical (unpaired) electrons. The number of hydrogen-bond donors (Lipinski definition) is 0. The van der Waals surface area contributed by atoms with Gasteiger partial charge in [0.25, 0.3) is 0 Å². The quantitative estimate of drug-likeness (QED) is 0.852. The van der Waals surface area contributed by atoms with Crippen molar-refractivity contribution in [2.45, 2.75) is 32.9 Å². The predicted molar refractivity (Wildman–Crippen MR) is 72.7 cm³/mol. The van der Waals surface area contributed by atoms with Gasteiger partial charge < -0.3 is 0 Å². The van der Waals surface area contributed by atoms with Crippen molar-refractivity contribution in [3.8, 4) is 0 Å². The fraction of sp³-hybridized carbons (Fsp3) is 0.538. The molecule has 3 heterocycles. The van der Waals surface area contributed by atoms with Gasteiger partial charge in [0.15, 0.2) is 0 Å². The molecule has 1 fully saturated rings. The van der Waals surface area contributed by atoms with E-state index in [-0.39, 0.29) is 0 Å². The molecule has 1 aliphatic heterocycles. The summed E-state index contributed by atoms with van der Waals surface area (Å²) in [5.74, 6) is 0. The number of likely N-dealkylation sites (tertiary alicyclic amines) is 1. The monoisotopic (exact) mass is 262 g/mol. The molecule has 2 aromatic rings. The molecule has 2 aromatic heterocycles. The molecule has 18 heavy (non-hydrogen) atoms. The van der Waals surface area contributed by atoms with Crippen molar-refractivity contribution >= 4 is 11.3 Å². The normalized spacial score (nSPS) is 20.7. The first-order valence-electron chi connectivity index (χ1n) is 6.36. The summed E-state index contributed by atoms with van der Waals surface area (Å²) in [5, 5.41) is 7.86. The summed E-state index contributed by atoms with van der Waals surface area (Å²) < 4.78 is 2.19. The summed E-state index contributed by atoms with van der Waals surface area (Å²) in [4.78, 5) is 6.83. The second-order valence-electron chi connectivity index (χ2n) is 4.98. The van der Waals surface area contributed by atoms with Gasteiger partial charge in [-0.2, -0.15) is 5.10 Å². The molecular formula is C13H18N4S. The first-order valence-corrected chi connectivity index (χ1v) is 7.24. The summed E-state index contributed by atoms with van der Waals surface area (Å²) >= 11 is 1.74. The van der Waals surface area contributed by atoms with Crippen LogP contribution in [0.3, 0.4) is 0 Å². The van der Waals surface area contributed by atoms with Crippen molar-refractivity contribution in [1.29, 1.82) is 0 Å². The summed E-state index contributed by atoms with van der Waals surface area (Å²) in [7, 11) is 0. The van der Waals surface area contributed by atoms with E-state index in [0.717, 1.165) is 25.3 Å². The van der Waals surface area contributed by atoms with E-state index in [1.165, 1.54) is 17.1 Å². The number of aromatic nitrogens is 3. The van der Waals surface area contributed by atoms with E-state index in [2.05, 4.69) is 39.6 Å². The molecule has 0 spiro atoms. The Morgan fingerprint density at radius 3 is 3.00 bits per heavy atom. The number of thiazole rings is 1. The number of nitrogens with zero attached hydrogens (tertiary/aromatic N) is 4. The molecule has 0 aliphatic carbocycles. The minimum atomic E-state index is 0.527. The van der Waals surface area contributed by atoms with Crippen LogP contribution in [0.2, 0.25) is 0 Å². The Balaban J connectivity index is 1.66. The van der Waals surface area contributed by atoms with Crippen LogP contribution in [0.1, 0.15) is 28.9 Å². The van der Waals surface area contributed by atoms with Gasteiger partial charge in [0.2, 0.25) is 0 Å². The van der Waals surface area contributed by atoms with Crippen molar-refractivity contribution in [2.24, 2.45) is 0 Å². The van der Waals surface area contributed by atoms with Gasteiger partial charge in [0, 0.05) is 30.4 Å². The average molecular weight is 262 g/mol. The maximum Gasteiger partial charge on any atom is 0.107 e. The van der Waals surface area contributed by atoms with Gasteiger partial charge in [0.05, 0.1) is 18.3 Å². The maximum atomic E-state index is 4.60. The third-order valence-electron chi connectivity index (χ3n) is 3.48. The first-order chi connectivity index (χ1) is 8.72. The van der Waals surface area contributed by atoms with Crippen LogP contribution in [0.25, 0.3) is 0 Å². The van der Waals surface area contributed by atoms with Crippen molar-refractivity contribution in [3.63, 3.8) is 0 Å². The van der Waals surface area contributed by atoms with E-state index in [0.29, 0.717) is 6.04 Å². The molecule has 1 atom stereocenters. The average Bonchev–Trinajstić information content (AvgIpc) is 3.01. The van der Waals surface area contributed by atoms with Crippen LogP contribution in [-0.2, 0) is 6.54 Å². The molecule has 3 rings (SSSR count). The molecule has 0 unspecified atom stereocenters. The Labute approximate surface area is 111 Å². The maximum absolute atomic E-state index is 4.60. The zero-order chi connectivity index (χ0) is 12.5. The van der Waals surface area contributed by atoms with Gasteiger partial charge in [-0.15, -0.1) is 11.3 Å². The second-order valence-corrected chi connectivity index (χ2v) is 5.95. The third-order valence-corrected chi connectivity index (χ3v) is 4.24. The number of aryl methyl sites for hydroxylation is 2. The van der Waals surface area contributed by atoms with E-state index in [1.807, 2.05) is 11.6 Å². The van der Waals surface area contributed by atoms with E-state index in [9.17, 15) is 0 Å². The minimum Gasteiger partial charge on any atom is -0.294 e.